The summed E-state index contributed by atoms with van der Waals surface area (Å²) in [6, 6.07) is -1.99. The van der Waals surface area contributed by atoms with Crippen LogP contribution < -0.4 is 10.6 Å². The van der Waals surface area contributed by atoms with E-state index in [1.807, 2.05) is 6.92 Å². The normalized spacial score (nSPS) is 23.3. The average Bonchev–Trinajstić information content (AvgIpc) is 2.46. The van der Waals surface area contributed by atoms with Crippen LogP contribution in [0.2, 0.25) is 0 Å². The van der Waals surface area contributed by atoms with Crippen molar-refractivity contribution in [3.05, 3.63) is 0 Å². The van der Waals surface area contributed by atoms with E-state index >= 15 is 0 Å². The molecule has 3 amide bonds. The summed E-state index contributed by atoms with van der Waals surface area (Å²) in [4.78, 5) is 36.5. The lowest BCUT2D eigenvalue weighted by Crippen LogP contribution is -2.56. The van der Waals surface area contributed by atoms with E-state index in [2.05, 4.69) is 10.6 Å². The van der Waals surface area contributed by atoms with Crippen molar-refractivity contribution in [3.63, 3.8) is 0 Å². The first-order valence-electron chi connectivity index (χ1n) is 7.48. The molecule has 3 unspecified atom stereocenters. The van der Waals surface area contributed by atoms with Gasteiger partial charge in [0.15, 0.2) is 0 Å². The molecule has 0 aromatic rings. The fourth-order valence-electron chi connectivity index (χ4n) is 2.55. The van der Waals surface area contributed by atoms with Crippen molar-refractivity contribution >= 4 is 17.9 Å². The number of nitrogens with one attached hydrogen (secondary N) is 2. The largest absolute Gasteiger partial charge is 0.480 e. The van der Waals surface area contributed by atoms with Gasteiger partial charge in [-0.1, -0.05) is 13.3 Å². The zero-order valence-corrected chi connectivity index (χ0v) is 12.9. The third-order valence-corrected chi connectivity index (χ3v) is 3.92. The smallest absolute Gasteiger partial charge is 0.326 e. The SMILES string of the molecule is CCNC(=O)C(C)NC(=O)N1CCC(CC)CC1C(=O)O. The number of urea groups is 1. The summed E-state index contributed by atoms with van der Waals surface area (Å²) in [7, 11) is 0. The van der Waals surface area contributed by atoms with Gasteiger partial charge in [0.25, 0.3) is 0 Å². The molecular formula is C14H25N3O4. The van der Waals surface area contributed by atoms with E-state index in [0.29, 0.717) is 25.4 Å². The molecule has 1 heterocycles. The van der Waals surface area contributed by atoms with Gasteiger partial charge >= 0.3 is 12.0 Å². The number of piperidine rings is 1. The first kappa shape index (κ1) is 17.3. The maximum absolute atomic E-state index is 12.2. The van der Waals surface area contributed by atoms with Crippen LogP contribution in [0.4, 0.5) is 4.79 Å². The lowest BCUT2D eigenvalue weighted by molar-refractivity contribution is -0.144. The minimum absolute atomic E-state index is 0.277. The summed E-state index contributed by atoms with van der Waals surface area (Å²) in [5.41, 5.74) is 0. The molecule has 0 bridgehead atoms. The molecule has 120 valence electrons. The number of carboxylic acids is 1. The molecule has 0 aromatic heterocycles. The Labute approximate surface area is 125 Å². The molecule has 0 saturated carbocycles. The van der Waals surface area contributed by atoms with Crippen LogP contribution in [0.1, 0.15) is 40.0 Å². The van der Waals surface area contributed by atoms with Crippen molar-refractivity contribution in [2.24, 2.45) is 5.92 Å². The summed E-state index contributed by atoms with van der Waals surface area (Å²) in [6.07, 6.45) is 2.17. The van der Waals surface area contributed by atoms with E-state index in [4.69, 9.17) is 0 Å². The van der Waals surface area contributed by atoms with Gasteiger partial charge in [-0.15, -0.1) is 0 Å². The molecule has 1 rings (SSSR count). The molecule has 7 heteroatoms. The molecule has 1 saturated heterocycles. The lowest BCUT2D eigenvalue weighted by atomic mass is 9.89. The third-order valence-electron chi connectivity index (χ3n) is 3.92. The fraction of sp³-hybridized carbons (Fsp3) is 0.786. The van der Waals surface area contributed by atoms with Crippen molar-refractivity contribution in [1.82, 2.24) is 15.5 Å². The fourth-order valence-corrected chi connectivity index (χ4v) is 2.55. The molecule has 0 spiro atoms. The second-order valence-corrected chi connectivity index (χ2v) is 5.41. The Kier molecular flexibility index (Phi) is 6.45. The number of carbonyl (C=O) groups excluding carboxylic acids is 2. The van der Waals surface area contributed by atoms with Gasteiger partial charge in [0.05, 0.1) is 0 Å². The molecule has 1 aliphatic rings. The van der Waals surface area contributed by atoms with Crippen molar-refractivity contribution < 1.29 is 19.5 Å². The highest BCUT2D eigenvalue weighted by Gasteiger charge is 2.36. The Morgan fingerprint density at radius 3 is 2.52 bits per heavy atom. The molecule has 1 aliphatic heterocycles. The highest BCUT2D eigenvalue weighted by molar-refractivity contribution is 5.88. The van der Waals surface area contributed by atoms with E-state index in [1.165, 1.54) is 4.90 Å². The van der Waals surface area contributed by atoms with Crippen molar-refractivity contribution in [3.8, 4) is 0 Å². The van der Waals surface area contributed by atoms with Crippen LogP contribution in [0.5, 0.6) is 0 Å². The maximum Gasteiger partial charge on any atom is 0.326 e. The summed E-state index contributed by atoms with van der Waals surface area (Å²) in [5, 5.41) is 14.5. The van der Waals surface area contributed by atoms with Crippen LogP contribution in [0.3, 0.4) is 0 Å². The van der Waals surface area contributed by atoms with Gasteiger partial charge in [0.2, 0.25) is 5.91 Å². The van der Waals surface area contributed by atoms with Crippen LogP contribution in [0.25, 0.3) is 0 Å². The first-order valence-corrected chi connectivity index (χ1v) is 7.48. The predicted octanol–water partition coefficient (Wildman–Crippen LogP) is 0.796. The summed E-state index contributed by atoms with van der Waals surface area (Å²) in [6.45, 7) is 6.29. The number of nitrogens with zero attached hydrogens (tertiary/aromatic N) is 1. The molecule has 7 nitrogen and oxygen atoms in total. The highest BCUT2D eigenvalue weighted by atomic mass is 16.4. The van der Waals surface area contributed by atoms with E-state index < -0.39 is 24.1 Å². The van der Waals surface area contributed by atoms with Gasteiger partial charge in [0, 0.05) is 13.1 Å². The molecule has 3 N–H and O–H groups in total. The van der Waals surface area contributed by atoms with E-state index in [0.717, 1.165) is 12.8 Å². The van der Waals surface area contributed by atoms with Crippen molar-refractivity contribution in [2.75, 3.05) is 13.1 Å². The van der Waals surface area contributed by atoms with E-state index in [-0.39, 0.29) is 5.91 Å². The number of rotatable bonds is 5. The van der Waals surface area contributed by atoms with Crippen LogP contribution in [0.15, 0.2) is 0 Å². The minimum atomic E-state index is -0.992. The number of aliphatic carboxylic acids is 1. The molecule has 0 radical (unpaired) electrons. The van der Waals surface area contributed by atoms with Crippen LogP contribution in [-0.4, -0.2) is 53.1 Å². The average molecular weight is 299 g/mol. The van der Waals surface area contributed by atoms with Gasteiger partial charge in [-0.3, -0.25) is 4.79 Å². The Balaban J connectivity index is 2.67. The second-order valence-electron chi connectivity index (χ2n) is 5.41. The Morgan fingerprint density at radius 2 is 2.00 bits per heavy atom. The minimum Gasteiger partial charge on any atom is -0.480 e. The van der Waals surface area contributed by atoms with Gasteiger partial charge in [0.1, 0.15) is 12.1 Å². The molecular weight excluding hydrogens is 274 g/mol. The summed E-state index contributed by atoms with van der Waals surface area (Å²) in [5.74, 6) is -0.939. The van der Waals surface area contributed by atoms with Gasteiger partial charge in [-0.2, -0.15) is 0 Å². The van der Waals surface area contributed by atoms with Crippen molar-refractivity contribution in [2.45, 2.75) is 52.1 Å². The predicted molar refractivity (Wildman–Crippen MR) is 77.8 cm³/mol. The van der Waals surface area contributed by atoms with Crippen LogP contribution in [0, 0.1) is 5.92 Å². The first-order chi connectivity index (χ1) is 9.90. The van der Waals surface area contributed by atoms with Crippen molar-refractivity contribution in [1.29, 1.82) is 0 Å². The topological polar surface area (TPSA) is 98.7 Å². The molecule has 0 aliphatic carbocycles. The molecule has 1 fully saturated rings. The van der Waals surface area contributed by atoms with Gasteiger partial charge < -0.3 is 20.6 Å². The quantitative estimate of drug-likeness (QED) is 0.699. The maximum atomic E-state index is 12.2. The zero-order valence-electron chi connectivity index (χ0n) is 12.9. The lowest BCUT2D eigenvalue weighted by Gasteiger charge is -2.37. The highest BCUT2D eigenvalue weighted by Crippen LogP contribution is 2.25. The standard InChI is InChI=1S/C14H25N3O4/c1-4-10-6-7-17(11(8-10)13(19)20)14(21)16-9(3)12(18)15-5-2/h9-11H,4-8H2,1-3H3,(H,15,18)(H,16,21)(H,19,20). The molecule has 3 atom stereocenters. The van der Waals surface area contributed by atoms with Crippen LogP contribution >= 0.6 is 0 Å². The van der Waals surface area contributed by atoms with E-state index in [9.17, 15) is 19.5 Å². The number of hydrogen-bond acceptors (Lipinski definition) is 3. The monoisotopic (exact) mass is 299 g/mol. The second kappa shape index (κ2) is 7.85. The number of likely N-dealkylation sites (tertiary alicyclic amines) is 1. The zero-order chi connectivity index (χ0) is 16.0. The van der Waals surface area contributed by atoms with E-state index in [1.54, 1.807) is 13.8 Å². The number of carbonyl (C=O) groups is 3. The Morgan fingerprint density at radius 1 is 1.33 bits per heavy atom. The number of carboxylic acid groups (broad SMARTS) is 1. The summed E-state index contributed by atoms with van der Waals surface area (Å²) < 4.78 is 0. The number of hydrogen-bond donors (Lipinski definition) is 3. The number of amides is 3. The number of likely N-dealkylation sites (N-methyl/N-ethyl adjacent to an activating group) is 1. The Hall–Kier alpha value is -1.79. The van der Waals surface area contributed by atoms with Crippen LogP contribution in [-0.2, 0) is 9.59 Å². The summed E-state index contributed by atoms with van der Waals surface area (Å²) >= 11 is 0. The van der Waals surface area contributed by atoms with Gasteiger partial charge in [-0.05, 0) is 32.6 Å². The Bertz CT molecular complexity index is 400. The molecule has 21 heavy (non-hydrogen) atoms. The third kappa shape index (κ3) is 4.61. The molecule has 0 aromatic carbocycles. The van der Waals surface area contributed by atoms with Gasteiger partial charge in [-0.25, -0.2) is 9.59 Å².